The fraction of sp³-hybridized carbons (Fsp3) is 0.250. The van der Waals surface area contributed by atoms with Gasteiger partial charge in [-0.15, -0.1) is 0 Å². The number of nitrogen functional groups attached to an aromatic ring is 1. The second-order valence-corrected chi connectivity index (χ2v) is 7.89. The van der Waals surface area contributed by atoms with Gasteiger partial charge in [0.2, 0.25) is 0 Å². The zero-order chi connectivity index (χ0) is 20.5. The summed E-state index contributed by atoms with van der Waals surface area (Å²) < 4.78 is 8.08. The van der Waals surface area contributed by atoms with Crippen molar-refractivity contribution in [1.82, 2.24) is 14.5 Å². The third-order valence-corrected chi connectivity index (χ3v) is 5.99. The molecule has 1 aliphatic carbocycles. The van der Waals surface area contributed by atoms with Gasteiger partial charge in [0.25, 0.3) is 0 Å². The number of anilines is 1. The van der Waals surface area contributed by atoms with E-state index >= 15 is 0 Å². The van der Waals surface area contributed by atoms with E-state index in [1.807, 2.05) is 36.4 Å². The molecule has 1 aliphatic rings. The Hall–Kier alpha value is -3.38. The molecule has 1 fully saturated rings. The van der Waals surface area contributed by atoms with E-state index < -0.39 is 0 Å². The van der Waals surface area contributed by atoms with Gasteiger partial charge in [0.05, 0.1) is 11.6 Å². The molecule has 4 N–H and O–H groups in total. The highest BCUT2D eigenvalue weighted by molar-refractivity contribution is 6.00. The molecular formula is C24H25N5O. The predicted molar refractivity (Wildman–Crippen MR) is 119 cm³/mol. The van der Waals surface area contributed by atoms with Crippen LogP contribution in [0, 0.1) is 5.92 Å². The standard InChI is InChI=1S/C24H25N5O/c25-22-21-20(13-29(24(21)28-15-27-22)23(26)17-8-4-9-17)18-10-5-11-19(12-18)30-14-16-6-2-1-3-7-16/h1-3,5-7,10-13,15,17,23H,4,8-9,14,26H2,(H2,25,27,28). The minimum Gasteiger partial charge on any atom is -0.489 e. The summed E-state index contributed by atoms with van der Waals surface area (Å²) >= 11 is 0. The molecule has 0 bridgehead atoms. The van der Waals surface area contributed by atoms with Gasteiger partial charge in [0.1, 0.15) is 30.1 Å². The van der Waals surface area contributed by atoms with Crippen LogP contribution in [0.25, 0.3) is 22.2 Å². The maximum absolute atomic E-state index is 6.59. The molecule has 6 heteroatoms. The summed E-state index contributed by atoms with van der Waals surface area (Å²) in [4.78, 5) is 8.73. The van der Waals surface area contributed by atoms with Crippen molar-refractivity contribution < 1.29 is 4.74 Å². The highest BCUT2D eigenvalue weighted by atomic mass is 16.5. The number of nitrogens with two attached hydrogens (primary N) is 2. The molecule has 0 spiro atoms. The van der Waals surface area contributed by atoms with E-state index in [4.69, 9.17) is 16.2 Å². The van der Waals surface area contributed by atoms with Crippen molar-refractivity contribution in [2.75, 3.05) is 5.73 Å². The monoisotopic (exact) mass is 399 g/mol. The van der Waals surface area contributed by atoms with Crippen LogP contribution in [-0.2, 0) is 6.61 Å². The van der Waals surface area contributed by atoms with Crippen molar-refractivity contribution in [3.63, 3.8) is 0 Å². The average Bonchev–Trinajstić information content (AvgIpc) is 3.13. The minimum atomic E-state index is -0.109. The molecule has 1 saturated carbocycles. The largest absolute Gasteiger partial charge is 0.489 e. The Morgan fingerprint density at radius 2 is 1.90 bits per heavy atom. The SMILES string of the molecule is Nc1ncnc2c1c(-c1cccc(OCc3ccccc3)c1)cn2C(N)C1CCC1. The topological polar surface area (TPSA) is 92.0 Å². The van der Waals surface area contributed by atoms with Gasteiger partial charge in [0.15, 0.2) is 0 Å². The van der Waals surface area contributed by atoms with Gasteiger partial charge in [-0.1, -0.05) is 48.9 Å². The van der Waals surface area contributed by atoms with E-state index in [9.17, 15) is 0 Å². The summed E-state index contributed by atoms with van der Waals surface area (Å²) in [6.07, 6.45) is 7.00. The van der Waals surface area contributed by atoms with E-state index in [1.165, 1.54) is 12.7 Å². The second kappa shape index (κ2) is 7.80. The summed E-state index contributed by atoms with van der Waals surface area (Å²) in [5.41, 5.74) is 16.7. The third-order valence-electron chi connectivity index (χ3n) is 5.99. The fourth-order valence-electron chi connectivity index (χ4n) is 4.06. The molecule has 30 heavy (non-hydrogen) atoms. The summed E-state index contributed by atoms with van der Waals surface area (Å²) in [6, 6.07) is 18.2. The molecule has 0 saturated heterocycles. The van der Waals surface area contributed by atoms with Crippen LogP contribution in [0.5, 0.6) is 5.75 Å². The highest BCUT2D eigenvalue weighted by Gasteiger charge is 2.28. The van der Waals surface area contributed by atoms with Crippen LogP contribution in [0.15, 0.2) is 67.1 Å². The Bertz CT molecular complexity index is 1170. The Balaban J connectivity index is 1.51. The molecule has 2 aromatic heterocycles. The number of rotatable bonds is 6. The molecule has 4 aromatic rings. The van der Waals surface area contributed by atoms with Crippen molar-refractivity contribution in [2.45, 2.75) is 32.0 Å². The first kappa shape index (κ1) is 18.6. The van der Waals surface area contributed by atoms with Crippen LogP contribution in [-0.4, -0.2) is 14.5 Å². The van der Waals surface area contributed by atoms with Crippen LogP contribution in [0.2, 0.25) is 0 Å². The number of aromatic nitrogens is 3. The lowest BCUT2D eigenvalue weighted by Gasteiger charge is -2.32. The molecule has 1 atom stereocenters. The smallest absolute Gasteiger partial charge is 0.147 e. The average molecular weight is 399 g/mol. The van der Waals surface area contributed by atoms with Crippen molar-refractivity contribution in [2.24, 2.45) is 11.7 Å². The number of fused-ring (bicyclic) bond motifs is 1. The van der Waals surface area contributed by atoms with Crippen LogP contribution in [0.4, 0.5) is 5.82 Å². The summed E-state index contributed by atoms with van der Waals surface area (Å²) in [7, 11) is 0. The van der Waals surface area contributed by atoms with Crippen LogP contribution in [0.1, 0.15) is 31.0 Å². The van der Waals surface area contributed by atoms with Crippen molar-refractivity contribution in [3.8, 4) is 16.9 Å². The van der Waals surface area contributed by atoms with Crippen molar-refractivity contribution >= 4 is 16.9 Å². The zero-order valence-electron chi connectivity index (χ0n) is 16.7. The first-order valence-electron chi connectivity index (χ1n) is 10.3. The van der Waals surface area contributed by atoms with Crippen LogP contribution in [0.3, 0.4) is 0 Å². The molecule has 5 rings (SSSR count). The highest BCUT2D eigenvalue weighted by Crippen LogP contribution is 2.39. The third kappa shape index (κ3) is 3.39. The van der Waals surface area contributed by atoms with Gasteiger partial charge in [-0.2, -0.15) is 0 Å². The normalized spacial score (nSPS) is 15.1. The van der Waals surface area contributed by atoms with E-state index in [2.05, 4.69) is 38.9 Å². The minimum absolute atomic E-state index is 0.109. The lowest BCUT2D eigenvalue weighted by molar-refractivity contribution is 0.216. The molecular weight excluding hydrogens is 374 g/mol. The van der Waals surface area contributed by atoms with Crippen molar-refractivity contribution in [1.29, 1.82) is 0 Å². The van der Waals surface area contributed by atoms with Gasteiger partial charge in [-0.25, -0.2) is 9.97 Å². The lowest BCUT2D eigenvalue weighted by atomic mass is 9.83. The first-order valence-corrected chi connectivity index (χ1v) is 10.3. The zero-order valence-corrected chi connectivity index (χ0v) is 16.7. The molecule has 2 heterocycles. The Labute approximate surface area is 175 Å². The number of hydrogen-bond donors (Lipinski definition) is 2. The Morgan fingerprint density at radius 1 is 1.07 bits per heavy atom. The van der Waals surface area contributed by atoms with Gasteiger partial charge in [-0.05, 0) is 42.0 Å². The van der Waals surface area contributed by atoms with Crippen LogP contribution < -0.4 is 16.2 Å². The molecule has 152 valence electrons. The van der Waals surface area contributed by atoms with Crippen molar-refractivity contribution in [3.05, 3.63) is 72.7 Å². The maximum atomic E-state index is 6.59. The fourth-order valence-corrected chi connectivity index (χ4v) is 4.06. The summed E-state index contributed by atoms with van der Waals surface area (Å²) in [5.74, 6) is 1.74. The van der Waals surface area contributed by atoms with E-state index in [0.717, 1.165) is 46.3 Å². The lowest BCUT2D eigenvalue weighted by Crippen LogP contribution is -2.31. The molecule has 1 unspecified atom stereocenters. The van der Waals surface area contributed by atoms with Gasteiger partial charge < -0.3 is 20.8 Å². The molecule has 0 aliphatic heterocycles. The number of hydrogen-bond acceptors (Lipinski definition) is 5. The first-order chi connectivity index (χ1) is 14.7. The molecule has 2 aromatic carbocycles. The van der Waals surface area contributed by atoms with Gasteiger partial charge >= 0.3 is 0 Å². The molecule has 0 radical (unpaired) electrons. The maximum Gasteiger partial charge on any atom is 0.147 e. The molecule has 6 nitrogen and oxygen atoms in total. The van der Waals surface area contributed by atoms with E-state index in [-0.39, 0.29) is 6.17 Å². The number of benzene rings is 2. The predicted octanol–water partition coefficient (Wildman–Crippen LogP) is 4.52. The molecule has 0 amide bonds. The Morgan fingerprint density at radius 3 is 2.67 bits per heavy atom. The Kier molecular flexibility index (Phi) is 4.85. The number of ether oxygens (including phenoxy) is 1. The van der Waals surface area contributed by atoms with Gasteiger partial charge in [-0.3, -0.25) is 0 Å². The van der Waals surface area contributed by atoms with Gasteiger partial charge in [0, 0.05) is 11.8 Å². The second-order valence-electron chi connectivity index (χ2n) is 7.89. The van der Waals surface area contributed by atoms with E-state index in [1.54, 1.807) is 0 Å². The van der Waals surface area contributed by atoms with Crippen LogP contribution >= 0.6 is 0 Å². The van der Waals surface area contributed by atoms with E-state index in [0.29, 0.717) is 18.3 Å². The quantitative estimate of drug-likeness (QED) is 0.497. The summed E-state index contributed by atoms with van der Waals surface area (Å²) in [5, 5.41) is 0.840. The number of nitrogens with zero attached hydrogens (tertiary/aromatic N) is 3. The summed E-state index contributed by atoms with van der Waals surface area (Å²) in [6.45, 7) is 0.518.